The van der Waals surface area contributed by atoms with Gasteiger partial charge in [-0.05, 0) is 43.7 Å². The lowest BCUT2D eigenvalue weighted by molar-refractivity contribution is -0.0274. The fraction of sp³-hybridized carbons (Fsp3) is 0.667. The maximum absolute atomic E-state index is 10.1. The summed E-state index contributed by atoms with van der Waals surface area (Å²) in [6.07, 6.45) is 4.72. The highest BCUT2D eigenvalue weighted by Gasteiger charge is 2.20. The Labute approximate surface area is 128 Å². The van der Waals surface area contributed by atoms with Gasteiger partial charge in [-0.1, -0.05) is 38.0 Å². The van der Waals surface area contributed by atoms with Crippen LogP contribution < -0.4 is 5.32 Å². The molecule has 2 rings (SSSR count). The smallest absolute Gasteiger partial charge is 0.0945 e. The second kappa shape index (κ2) is 7.81. The molecule has 0 heterocycles. The number of hydrogen-bond acceptors (Lipinski definition) is 3. The molecule has 1 aliphatic rings. The molecule has 21 heavy (non-hydrogen) atoms. The summed E-state index contributed by atoms with van der Waals surface area (Å²) in [7, 11) is 0. The van der Waals surface area contributed by atoms with Crippen LogP contribution in [0.3, 0.4) is 0 Å². The average molecular weight is 291 g/mol. The minimum atomic E-state index is -0.457. The number of nitrogens with one attached hydrogen (secondary N) is 1. The number of para-hydroxylation sites is 1. The van der Waals surface area contributed by atoms with Crippen molar-refractivity contribution in [2.45, 2.75) is 58.7 Å². The normalized spacial score (nSPS) is 23.8. The van der Waals surface area contributed by atoms with E-state index in [1.165, 1.54) is 24.0 Å². The molecule has 1 aromatic rings. The minimum absolute atomic E-state index is 0.337. The van der Waals surface area contributed by atoms with Gasteiger partial charge in [0.05, 0.1) is 18.8 Å². The average Bonchev–Trinajstić information content (AvgIpc) is 2.45. The van der Waals surface area contributed by atoms with Crippen LogP contribution in [0.15, 0.2) is 18.2 Å². The fourth-order valence-corrected chi connectivity index (χ4v) is 3.15. The molecule has 0 spiro atoms. The standard InChI is InChI=1S/C18H29NO2/c1-13-6-4-9-17(10-13)21-12-16(20)11-19-18-14(2)7-5-8-15(18)3/h5,7-8,13,16-17,19-20H,4,6,9-12H2,1-3H3. The zero-order chi connectivity index (χ0) is 15.2. The van der Waals surface area contributed by atoms with Gasteiger partial charge in [-0.25, -0.2) is 0 Å². The van der Waals surface area contributed by atoms with E-state index in [2.05, 4.69) is 44.3 Å². The van der Waals surface area contributed by atoms with E-state index >= 15 is 0 Å². The van der Waals surface area contributed by atoms with E-state index in [-0.39, 0.29) is 0 Å². The van der Waals surface area contributed by atoms with Crippen LogP contribution in [0, 0.1) is 19.8 Å². The first-order chi connectivity index (χ1) is 10.1. The molecule has 0 amide bonds. The number of rotatable bonds is 6. The van der Waals surface area contributed by atoms with E-state index in [4.69, 9.17) is 4.74 Å². The van der Waals surface area contributed by atoms with Gasteiger partial charge in [0.15, 0.2) is 0 Å². The molecule has 0 aromatic heterocycles. The lowest BCUT2D eigenvalue weighted by Gasteiger charge is -2.27. The molecule has 118 valence electrons. The van der Waals surface area contributed by atoms with E-state index < -0.39 is 6.10 Å². The van der Waals surface area contributed by atoms with Crippen molar-refractivity contribution >= 4 is 5.69 Å². The van der Waals surface area contributed by atoms with Crippen LogP contribution in [0.2, 0.25) is 0 Å². The van der Waals surface area contributed by atoms with Gasteiger partial charge >= 0.3 is 0 Å². The second-order valence-corrected chi connectivity index (χ2v) is 6.53. The largest absolute Gasteiger partial charge is 0.389 e. The Morgan fingerprint density at radius 2 is 2.00 bits per heavy atom. The van der Waals surface area contributed by atoms with E-state index in [1.54, 1.807) is 0 Å². The predicted molar refractivity (Wildman–Crippen MR) is 87.8 cm³/mol. The van der Waals surface area contributed by atoms with Gasteiger partial charge in [0.25, 0.3) is 0 Å². The molecular weight excluding hydrogens is 262 g/mol. The minimum Gasteiger partial charge on any atom is -0.389 e. The maximum atomic E-state index is 10.1. The first-order valence-electron chi connectivity index (χ1n) is 8.16. The molecule has 1 saturated carbocycles. The number of ether oxygens (including phenoxy) is 1. The van der Waals surface area contributed by atoms with Crippen LogP contribution in [0.5, 0.6) is 0 Å². The molecule has 3 atom stereocenters. The number of hydrogen-bond donors (Lipinski definition) is 2. The first kappa shape index (κ1) is 16.3. The Bertz CT molecular complexity index is 427. The zero-order valence-electron chi connectivity index (χ0n) is 13.6. The second-order valence-electron chi connectivity index (χ2n) is 6.53. The van der Waals surface area contributed by atoms with Gasteiger partial charge in [0, 0.05) is 12.2 Å². The van der Waals surface area contributed by atoms with Crippen LogP contribution in [0.4, 0.5) is 5.69 Å². The van der Waals surface area contributed by atoms with Crippen molar-refractivity contribution in [3.63, 3.8) is 0 Å². The van der Waals surface area contributed by atoms with Crippen molar-refractivity contribution in [2.75, 3.05) is 18.5 Å². The van der Waals surface area contributed by atoms with Gasteiger partial charge in [0.2, 0.25) is 0 Å². The monoisotopic (exact) mass is 291 g/mol. The topological polar surface area (TPSA) is 41.5 Å². The van der Waals surface area contributed by atoms with Crippen molar-refractivity contribution in [2.24, 2.45) is 5.92 Å². The highest BCUT2D eigenvalue weighted by molar-refractivity contribution is 5.56. The van der Waals surface area contributed by atoms with Gasteiger partial charge in [0.1, 0.15) is 0 Å². The third-order valence-electron chi connectivity index (χ3n) is 4.41. The van der Waals surface area contributed by atoms with Gasteiger partial charge in [-0.2, -0.15) is 0 Å². The van der Waals surface area contributed by atoms with Crippen molar-refractivity contribution in [3.05, 3.63) is 29.3 Å². The van der Waals surface area contributed by atoms with Crippen LogP contribution in [0.25, 0.3) is 0 Å². The molecule has 3 heteroatoms. The molecular formula is C18H29NO2. The van der Waals surface area contributed by atoms with Crippen molar-refractivity contribution in [1.29, 1.82) is 0 Å². The number of benzene rings is 1. The fourth-order valence-electron chi connectivity index (χ4n) is 3.15. The molecule has 3 unspecified atom stereocenters. The van der Waals surface area contributed by atoms with Crippen LogP contribution in [-0.4, -0.2) is 30.5 Å². The summed E-state index contributed by atoms with van der Waals surface area (Å²) in [4.78, 5) is 0. The highest BCUT2D eigenvalue weighted by atomic mass is 16.5. The summed E-state index contributed by atoms with van der Waals surface area (Å²) in [6.45, 7) is 7.42. The van der Waals surface area contributed by atoms with Gasteiger partial charge in [-0.15, -0.1) is 0 Å². The molecule has 0 saturated heterocycles. The summed E-state index contributed by atoms with van der Waals surface area (Å²) in [5.41, 5.74) is 3.55. The van der Waals surface area contributed by atoms with Crippen molar-refractivity contribution in [3.8, 4) is 0 Å². The maximum Gasteiger partial charge on any atom is 0.0945 e. The van der Waals surface area contributed by atoms with Crippen LogP contribution in [-0.2, 0) is 4.74 Å². The molecule has 2 N–H and O–H groups in total. The lowest BCUT2D eigenvalue weighted by Crippen LogP contribution is -2.30. The van der Waals surface area contributed by atoms with E-state index in [9.17, 15) is 5.11 Å². The highest BCUT2D eigenvalue weighted by Crippen LogP contribution is 2.25. The van der Waals surface area contributed by atoms with E-state index in [0.29, 0.717) is 19.3 Å². The van der Waals surface area contributed by atoms with Gasteiger partial charge in [-0.3, -0.25) is 0 Å². The van der Waals surface area contributed by atoms with Gasteiger partial charge < -0.3 is 15.2 Å². The summed E-state index contributed by atoms with van der Waals surface area (Å²) in [6, 6.07) is 6.23. The Balaban J connectivity index is 1.73. The molecule has 1 fully saturated rings. The third-order valence-corrected chi connectivity index (χ3v) is 4.41. The number of anilines is 1. The number of aliphatic hydroxyl groups excluding tert-OH is 1. The Kier molecular flexibility index (Phi) is 6.07. The SMILES string of the molecule is Cc1cccc(C)c1NCC(O)COC1CCCC(C)C1. The molecule has 0 bridgehead atoms. The van der Waals surface area contributed by atoms with Crippen LogP contribution >= 0.6 is 0 Å². The quantitative estimate of drug-likeness (QED) is 0.840. The summed E-state index contributed by atoms with van der Waals surface area (Å²) in [5.74, 6) is 0.758. The Morgan fingerprint density at radius 3 is 2.67 bits per heavy atom. The van der Waals surface area contributed by atoms with E-state index in [0.717, 1.165) is 24.4 Å². The molecule has 3 nitrogen and oxygen atoms in total. The summed E-state index contributed by atoms with van der Waals surface area (Å²) in [5, 5.41) is 13.4. The summed E-state index contributed by atoms with van der Waals surface area (Å²) < 4.78 is 5.87. The molecule has 1 aliphatic carbocycles. The zero-order valence-corrected chi connectivity index (χ0v) is 13.6. The van der Waals surface area contributed by atoms with E-state index in [1.807, 2.05) is 0 Å². The lowest BCUT2D eigenvalue weighted by atomic mass is 9.89. The number of aliphatic hydroxyl groups is 1. The van der Waals surface area contributed by atoms with Crippen molar-refractivity contribution in [1.82, 2.24) is 0 Å². The summed E-state index contributed by atoms with van der Waals surface area (Å²) >= 11 is 0. The molecule has 1 aromatic carbocycles. The van der Waals surface area contributed by atoms with Crippen LogP contribution in [0.1, 0.15) is 43.7 Å². The Morgan fingerprint density at radius 1 is 1.29 bits per heavy atom. The Hall–Kier alpha value is -1.06. The van der Waals surface area contributed by atoms with Crippen molar-refractivity contribution < 1.29 is 9.84 Å². The predicted octanol–water partition coefficient (Wildman–Crippen LogP) is 3.67. The third kappa shape index (κ3) is 5.01. The molecule has 0 aliphatic heterocycles. The molecule has 0 radical (unpaired) electrons. The number of aryl methyl sites for hydroxylation is 2. The first-order valence-corrected chi connectivity index (χ1v) is 8.16.